The molecule has 2 fully saturated rings. The SMILES string of the molecule is CCC(C)N1CC(=O)N(c2ccc(OC)c(Cl)c2)C2CS(=O)(=O)CC21. The van der Waals surface area contributed by atoms with Gasteiger partial charge in [-0.15, -0.1) is 0 Å². The van der Waals surface area contributed by atoms with Gasteiger partial charge in [-0.1, -0.05) is 18.5 Å². The lowest BCUT2D eigenvalue weighted by Gasteiger charge is -2.45. The molecule has 0 bridgehead atoms. The third kappa shape index (κ3) is 3.37. The van der Waals surface area contributed by atoms with Crippen molar-refractivity contribution in [2.75, 3.05) is 30.1 Å². The summed E-state index contributed by atoms with van der Waals surface area (Å²) in [6.45, 7) is 4.30. The number of anilines is 1. The Morgan fingerprint density at radius 1 is 1.32 bits per heavy atom. The number of fused-ring (bicyclic) bond motifs is 1. The van der Waals surface area contributed by atoms with Crippen LogP contribution in [0.15, 0.2) is 18.2 Å². The van der Waals surface area contributed by atoms with E-state index in [4.69, 9.17) is 16.3 Å². The highest BCUT2D eigenvalue weighted by Crippen LogP contribution is 2.36. The normalized spacial score (nSPS) is 27.2. The number of sulfone groups is 1. The van der Waals surface area contributed by atoms with Crippen molar-refractivity contribution in [2.45, 2.75) is 38.4 Å². The highest BCUT2D eigenvalue weighted by atomic mass is 35.5. The van der Waals surface area contributed by atoms with Gasteiger partial charge in [-0.3, -0.25) is 9.69 Å². The van der Waals surface area contributed by atoms with Crippen molar-refractivity contribution in [3.05, 3.63) is 23.2 Å². The van der Waals surface area contributed by atoms with Crippen molar-refractivity contribution in [2.24, 2.45) is 0 Å². The first-order valence-electron chi connectivity index (χ1n) is 8.39. The maximum absolute atomic E-state index is 12.9. The highest BCUT2D eigenvalue weighted by Gasteiger charge is 2.50. The second-order valence-electron chi connectivity index (χ2n) is 6.72. The molecule has 0 N–H and O–H groups in total. The molecule has 1 aromatic carbocycles. The first-order valence-corrected chi connectivity index (χ1v) is 10.6. The van der Waals surface area contributed by atoms with Gasteiger partial charge in [0.05, 0.1) is 36.2 Å². The van der Waals surface area contributed by atoms with Crippen molar-refractivity contribution in [1.29, 1.82) is 0 Å². The first-order chi connectivity index (χ1) is 11.8. The fourth-order valence-corrected chi connectivity index (χ4v) is 5.98. The van der Waals surface area contributed by atoms with Gasteiger partial charge >= 0.3 is 0 Å². The quantitative estimate of drug-likeness (QED) is 0.791. The van der Waals surface area contributed by atoms with Crippen LogP contribution < -0.4 is 9.64 Å². The molecule has 8 heteroatoms. The van der Waals surface area contributed by atoms with E-state index >= 15 is 0 Å². The minimum absolute atomic E-state index is 0.0139. The average Bonchev–Trinajstić information content (AvgIpc) is 2.88. The van der Waals surface area contributed by atoms with Crippen LogP contribution in [-0.4, -0.2) is 62.5 Å². The third-order valence-corrected chi connectivity index (χ3v) is 7.20. The highest BCUT2D eigenvalue weighted by molar-refractivity contribution is 7.91. The zero-order valence-electron chi connectivity index (χ0n) is 14.6. The lowest BCUT2D eigenvalue weighted by molar-refractivity contribution is -0.124. The lowest BCUT2D eigenvalue weighted by atomic mass is 10.00. The molecule has 2 aliphatic heterocycles. The molecule has 2 heterocycles. The number of nitrogens with zero attached hydrogens (tertiary/aromatic N) is 2. The molecule has 0 saturated carbocycles. The monoisotopic (exact) mass is 386 g/mol. The molecule has 2 saturated heterocycles. The number of piperazine rings is 1. The molecule has 6 nitrogen and oxygen atoms in total. The number of halogens is 1. The van der Waals surface area contributed by atoms with Gasteiger partial charge in [0.25, 0.3) is 0 Å². The standard InChI is InChI=1S/C17H23ClN2O4S/c1-4-11(2)19-8-17(21)20(15-10-25(22,23)9-14(15)19)12-5-6-16(24-3)13(18)7-12/h5-7,11,14-15H,4,8-10H2,1-3H3. The molecule has 2 aliphatic rings. The Morgan fingerprint density at radius 2 is 2.00 bits per heavy atom. The smallest absolute Gasteiger partial charge is 0.241 e. The summed E-state index contributed by atoms with van der Waals surface area (Å²) in [7, 11) is -1.66. The Labute approximate surface area is 153 Å². The molecule has 138 valence electrons. The largest absolute Gasteiger partial charge is 0.495 e. The van der Waals surface area contributed by atoms with Gasteiger partial charge in [-0.2, -0.15) is 0 Å². The summed E-state index contributed by atoms with van der Waals surface area (Å²) in [6, 6.07) is 4.71. The van der Waals surface area contributed by atoms with Crippen LogP contribution in [0.25, 0.3) is 0 Å². The van der Waals surface area contributed by atoms with Crippen molar-refractivity contribution in [3.63, 3.8) is 0 Å². The molecule has 3 rings (SSSR count). The van der Waals surface area contributed by atoms with Crippen LogP contribution in [0.2, 0.25) is 5.02 Å². The van der Waals surface area contributed by atoms with E-state index in [1.54, 1.807) is 23.1 Å². The van der Waals surface area contributed by atoms with Crippen molar-refractivity contribution < 1.29 is 17.9 Å². The van der Waals surface area contributed by atoms with E-state index in [1.807, 2.05) is 18.7 Å². The molecular weight excluding hydrogens is 364 g/mol. The van der Waals surface area contributed by atoms with Crippen LogP contribution in [0.5, 0.6) is 5.75 Å². The van der Waals surface area contributed by atoms with Crippen LogP contribution in [0, 0.1) is 0 Å². The number of hydrogen-bond acceptors (Lipinski definition) is 5. The van der Waals surface area contributed by atoms with Gasteiger partial charge in [0.15, 0.2) is 9.84 Å². The molecule has 0 aliphatic carbocycles. The Morgan fingerprint density at radius 3 is 2.60 bits per heavy atom. The summed E-state index contributed by atoms with van der Waals surface area (Å²) in [6.07, 6.45) is 0.866. The predicted molar refractivity (Wildman–Crippen MR) is 98.2 cm³/mol. The van der Waals surface area contributed by atoms with Crippen LogP contribution >= 0.6 is 11.6 Å². The lowest BCUT2D eigenvalue weighted by Crippen LogP contribution is -2.63. The van der Waals surface area contributed by atoms with Crippen molar-refractivity contribution in [1.82, 2.24) is 4.90 Å². The van der Waals surface area contributed by atoms with Gasteiger partial charge < -0.3 is 9.64 Å². The zero-order valence-corrected chi connectivity index (χ0v) is 16.2. The topological polar surface area (TPSA) is 66.9 Å². The maximum Gasteiger partial charge on any atom is 0.241 e. The summed E-state index contributed by atoms with van der Waals surface area (Å²) >= 11 is 6.21. The Hall–Kier alpha value is -1.31. The van der Waals surface area contributed by atoms with Gasteiger partial charge in [0, 0.05) is 17.8 Å². The van der Waals surface area contributed by atoms with E-state index in [0.29, 0.717) is 16.5 Å². The predicted octanol–water partition coefficient (Wildman–Crippen LogP) is 1.96. The van der Waals surface area contributed by atoms with Gasteiger partial charge in [0.1, 0.15) is 5.75 Å². The zero-order chi connectivity index (χ0) is 18.4. The number of rotatable bonds is 4. The molecular formula is C17H23ClN2O4S. The maximum atomic E-state index is 12.9. The molecule has 0 radical (unpaired) electrons. The summed E-state index contributed by atoms with van der Waals surface area (Å²) < 4.78 is 29.7. The second-order valence-corrected chi connectivity index (χ2v) is 9.28. The van der Waals surface area contributed by atoms with Crippen LogP contribution in [0.1, 0.15) is 20.3 Å². The first kappa shape index (κ1) is 18.5. The van der Waals surface area contributed by atoms with E-state index in [1.165, 1.54) is 7.11 Å². The van der Waals surface area contributed by atoms with E-state index in [2.05, 4.69) is 0 Å². The molecule has 0 spiro atoms. The van der Waals surface area contributed by atoms with E-state index in [9.17, 15) is 13.2 Å². The van der Waals surface area contributed by atoms with E-state index in [0.717, 1.165) is 6.42 Å². The third-order valence-electron chi connectivity index (χ3n) is 5.21. The summed E-state index contributed by atoms with van der Waals surface area (Å²) in [5.74, 6) is 0.502. The average molecular weight is 387 g/mol. The molecule has 3 unspecified atom stereocenters. The number of ether oxygens (including phenoxy) is 1. The number of carbonyl (C=O) groups is 1. The minimum Gasteiger partial charge on any atom is -0.495 e. The van der Waals surface area contributed by atoms with E-state index < -0.39 is 9.84 Å². The van der Waals surface area contributed by atoms with Crippen LogP contribution in [0.3, 0.4) is 0 Å². The summed E-state index contributed by atoms with van der Waals surface area (Å²) in [4.78, 5) is 16.5. The summed E-state index contributed by atoms with van der Waals surface area (Å²) in [5, 5.41) is 0.398. The number of hydrogen-bond donors (Lipinski definition) is 0. The Bertz CT molecular complexity index is 783. The second kappa shape index (κ2) is 6.78. The number of amides is 1. The van der Waals surface area contributed by atoms with Gasteiger partial charge in [-0.05, 0) is 31.5 Å². The van der Waals surface area contributed by atoms with Crippen molar-refractivity contribution >= 4 is 33.0 Å². The van der Waals surface area contributed by atoms with Crippen LogP contribution in [-0.2, 0) is 14.6 Å². The molecule has 25 heavy (non-hydrogen) atoms. The molecule has 1 amide bonds. The number of benzene rings is 1. The number of carbonyl (C=O) groups excluding carboxylic acids is 1. The Balaban J connectivity index is 2.00. The fourth-order valence-electron chi connectivity index (χ4n) is 3.77. The van der Waals surface area contributed by atoms with Crippen molar-refractivity contribution in [3.8, 4) is 5.75 Å². The summed E-state index contributed by atoms with van der Waals surface area (Å²) in [5.41, 5.74) is 0.617. The number of methoxy groups -OCH3 is 1. The molecule has 3 atom stereocenters. The minimum atomic E-state index is -3.18. The fraction of sp³-hybridized carbons (Fsp3) is 0.588. The van der Waals surface area contributed by atoms with Gasteiger partial charge in [0.2, 0.25) is 5.91 Å². The van der Waals surface area contributed by atoms with Crippen LogP contribution in [0.4, 0.5) is 5.69 Å². The van der Waals surface area contributed by atoms with Gasteiger partial charge in [-0.25, -0.2) is 8.42 Å². The molecule has 0 aromatic heterocycles. The van der Waals surface area contributed by atoms with E-state index in [-0.39, 0.29) is 42.1 Å². The Kier molecular flexibility index (Phi) is 5.01. The molecule has 1 aromatic rings.